The number of ether oxygens (including phenoxy) is 2. The lowest BCUT2D eigenvalue weighted by atomic mass is 9.87. The molecule has 8 rings (SSSR count). The maximum atomic E-state index is 13.6. The van der Waals surface area contributed by atoms with E-state index in [9.17, 15) is 9.59 Å². The number of likely N-dealkylation sites (tertiary alicyclic amines) is 1. The van der Waals surface area contributed by atoms with E-state index in [1.54, 1.807) is 17.2 Å². The minimum atomic E-state index is -0.859. The molecular formula is C46H50N8O4. The summed E-state index contributed by atoms with van der Waals surface area (Å²) in [7, 11) is 0. The Kier molecular flexibility index (Phi) is 10.9. The molecule has 0 bridgehead atoms. The van der Waals surface area contributed by atoms with Gasteiger partial charge in [-0.25, -0.2) is 9.97 Å². The van der Waals surface area contributed by atoms with Gasteiger partial charge in [-0.3, -0.25) is 9.59 Å². The van der Waals surface area contributed by atoms with Crippen molar-refractivity contribution in [2.45, 2.75) is 77.4 Å². The van der Waals surface area contributed by atoms with Crippen LogP contribution in [0.4, 0.5) is 0 Å². The zero-order valence-corrected chi connectivity index (χ0v) is 33.2. The van der Waals surface area contributed by atoms with E-state index in [0.29, 0.717) is 37.7 Å². The van der Waals surface area contributed by atoms with Crippen LogP contribution in [-0.4, -0.2) is 60.7 Å². The molecule has 0 radical (unpaired) electrons. The monoisotopic (exact) mass is 778 g/mol. The minimum absolute atomic E-state index is 0.0991. The van der Waals surface area contributed by atoms with Gasteiger partial charge in [0.2, 0.25) is 11.8 Å². The van der Waals surface area contributed by atoms with E-state index >= 15 is 0 Å². The molecular weight excluding hydrogens is 729 g/mol. The highest BCUT2D eigenvalue weighted by atomic mass is 16.5. The summed E-state index contributed by atoms with van der Waals surface area (Å²) in [5, 5.41) is 0. The number of hydrogen-bond donors (Lipinski definition) is 4. The normalized spacial score (nSPS) is 17.1. The van der Waals surface area contributed by atoms with Crippen LogP contribution in [0.2, 0.25) is 0 Å². The first-order valence-electron chi connectivity index (χ1n) is 20.0. The summed E-state index contributed by atoms with van der Waals surface area (Å²) in [6.07, 6.45) is 13.5. The van der Waals surface area contributed by atoms with Crippen molar-refractivity contribution in [3.8, 4) is 45.1 Å². The highest BCUT2D eigenvalue weighted by Gasteiger charge is 2.36. The Balaban J connectivity index is 1.01. The smallest absolute Gasteiger partial charge is 0.244 e. The molecule has 6 N–H and O–H groups in total. The van der Waals surface area contributed by atoms with E-state index in [2.05, 4.69) is 34.7 Å². The van der Waals surface area contributed by atoms with Gasteiger partial charge < -0.3 is 40.7 Å². The van der Waals surface area contributed by atoms with Crippen molar-refractivity contribution in [1.82, 2.24) is 29.7 Å². The molecule has 0 unspecified atom stereocenters. The average molecular weight is 779 g/mol. The first-order chi connectivity index (χ1) is 28.2. The Hall–Kier alpha value is -6.24. The van der Waals surface area contributed by atoms with Crippen molar-refractivity contribution in [2.24, 2.45) is 11.5 Å². The fraction of sp³-hybridized carbons (Fsp3) is 0.304. The van der Waals surface area contributed by atoms with Crippen molar-refractivity contribution < 1.29 is 19.1 Å². The third kappa shape index (κ3) is 7.25. The quantitative estimate of drug-likeness (QED) is 0.0887. The molecule has 0 spiro atoms. The number of H-pyrrole nitrogens is 2. The number of aromatic amines is 2. The molecule has 298 valence electrons. The van der Waals surface area contributed by atoms with Crippen LogP contribution in [0.5, 0.6) is 11.5 Å². The van der Waals surface area contributed by atoms with E-state index < -0.39 is 12.1 Å². The van der Waals surface area contributed by atoms with Gasteiger partial charge in [0.1, 0.15) is 48.4 Å². The Labute approximate surface area is 338 Å². The van der Waals surface area contributed by atoms with Gasteiger partial charge in [-0.1, -0.05) is 68.1 Å². The summed E-state index contributed by atoms with van der Waals surface area (Å²) < 4.78 is 12.9. The third-order valence-electron chi connectivity index (χ3n) is 11.4. The Morgan fingerprint density at radius 3 is 2.28 bits per heavy atom. The molecule has 1 fully saturated rings. The number of nitrogens with two attached hydrogens (primary N) is 2. The SMILES string of the molecule is C=C(/C=C\C=C/C)[C@@H](N)C(=O)N(CCC)[C@@H](C)c1ncc(-c2cc3c4c(c2)OCc2cc(-c5cnc([C@@H]6CCCN6C(=O)[C@H](N)c6ccccc6)[nH]5)cc(c2-4)OC3)[nH]1. The lowest BCUT2D eigenvalue weighted by molar-refractivity contribution is -0.134. The molecule has 3 aliphatic rings. The number of aromatic nitrogens is 4. The second-order valence-electron chi connectivity index (χ2n) is 15.2. The van der Waals surface area contributed by atoms with Crippen molar-refractivity contribution in [2.75, 3.05) is 13.1 Å². The first-order valence-corrected chi connectivity index (χ1v) is 20.0. The molecule has 3 aliphatic heterocycles. The van der Waals surface area contributed by atoms with Gasteiger partial charge in [-0.15, -0.1) is 0 Å². The Morgan fingerprint density at radius 1 is 0.966 bits per heavy atom. The van der Waals surface area contributed by atoms with Gasteiger partial charge >= 0.3 is 0 Å². The summed E-state index contributed by atoms with van der Waals surface area (Å²) in [5.41, 5.74) is 21.7. The molecule has 58 heavy (non-hydrogen) atoms. The van der Waals surface area contributed by atoms with E-state index in [1.807, 2.05) is 86.5 Å². The first kappa shape index (κ1) is 38.6. The predicted octanol–water partition coefficient (Wildman–Crippen LogP) is 7.60. The van der Waals surface area contributed by atoms with Gasteiger partial charge in [-0.05, 0) is 68.5 Å². The molecule has 12 heteroatoms. The Morgan fingerprint density at radius 2 is 1.62 bits per heavy atom. The number of amides is 2. The number of carbonyl (C=O) groups excluding carboxylic acids is 2. The largest absolute Gasteiger partial charge is 0.488 e. The fourth-order valence-electron chi connectivity index (χ4n) is 8.25. The maximum absolute atomic E-state index is 13.6. The summed E-state index contributed by atoms with van der Waals surface area (Å²) in [6.45, 7) is 11.8. The van der Waals surface area contributed by atoms with Crippen LogP contribution in [0.15, 0.2) is 103 Å². The summed E-state index contributed by atoms with van der Waals surface area (Å²) in [4.78, 5) is 47.2. The lowest BCUT2D eigenvalue weighted by Crippen LogP contribution is -2.46. The molecule has 3 aromatic carbocycles. The number of rotatable bonds is 13. The van der Waals surface area contributed by atoms with Crippen molar-refractivity contribution in [3.05, 3.63) is 132 Å². The molecule has 5 heterocycles. The molecule has 1 saturated heterocycles. The maximum Gasteiger partial charge on any atom is 0.244 e. The van der Waals surface area contributed by atoms with Crippen LogP contribution in [0.1, 0.15) is 86.5 Å². The second kappa shape index (κ2) is 16.3. The summed E-state index contributed by atoms with van der Waals surface area (Å²) >= 11 is 0. The fourth-order valence-corrected chi connectivity index (χ4v) is 8.25. The molecule has 12 nitrogen and oxygen atoms in total. The number of hydrogen-bond acceptors (Lipinski definition) is 8. The summed E-state index contributed by atoms with van der Waals surface area (Å²) in [6, 6.07) is 15.7. The second-order valence-corrected chi connectivity index (χ2v) is 15.2. The standard InChI is InChI=1S/C46H50N8O4/c1-5-7-9-13-27(3)41(47)45(55)53(17-6-2)28(4)43-49-23-34(51-43)30-19-32-25-58-38-22-31(20-33-26-57-37(21-30)39(32)40(33)38)35-24-50-44(52-35)36-16-12-18-54(36)46(56)42(48)29-14-10-8-11-15-29/h5,7-11,13-15,19-24,28,36,41-42H,3,6,12,16-18,25-26,47-48H2,1-2,4H3,(H,49,51)(H,50,52)/b7-5-,13-9-/t28-,36-,41+,42+/m0/s1. The van der Waals surface area contributed by atoms with Crippen LogP contribution >= 0.6 is 0 Å². The number of allylic oxidation sites excluding steroid dienone is 3. The molecule has 4 atom stereocenters. The number of carbonyl (C=O) groups is 2. The van der Waals surface area contributed by atoms with Crippen LogP contribution in [-0.2, 0) is 22.8 Å². The van der Waals surface area contributed by atoms with Gasteiger partial charge in [0.05, 0.1) is 35.9 Å². The van der Waals surface area contributed by atoms with E-state index in [0.717, 1.165) is 86.9 Å². The van der Waals surface area contributed by atoms with Gasteiger partial charge in [0, 0.05) is 46.5 Å². The molecule has 5 aromatic rings. The number of imidazole rings is 2. The summed E-state index contributed by atoms with van der Waals surface area (Å²) in [5.74, 6) is 2.67. The third-order valence-corrected chi connectivity index (χ3v) is 11.4. The van der Waals surface area contributed by atoms with Gasteiger partial charge in [-0.2, -0.15) is 0 Å². The Bertz CT molecular complexity index is 2360. The predicted molar refractivity (Wildman–Crippen MR) is 224 cm³/mol. The number of benzene rings is 3. The van der Waals surface area contributed by atoms with Gasteiger partial charge in [0.25, 0.3) is 0 Å². The molecule has 2 aromatic heterocycles. The van der Waals surface area contributed by atoms with Gasteiger partial charge in [0.15, 0.2) is 0 Å². The highest BCUT2D eigenvalue weighted by Crippen LogP contribution is 2.51. The van der Waals surface area contributed by atoms with Crippen LogP contribution in [0.3, 0.4) is 0 Å². The van der Waals surface area contributed by atoms with Crippen molar-refractivity contribution in [3.63, 3.8) is 0 Å². The average Bonchev–Trinajstić information content (AvgIpc) is 4.06. The van der Waals surface area contributed by atoms with Crippen LogP contribution in [0, 0.1) is 0 Å². The van der Waals surface area contributed by atoms with Crippen molar-refractivity contribution in [1.29, 1.82) is 0 Å². The lowest BCUT2D eigenvalue weighted by Gasteiger charge is -2.30. The van der Waals surface area contributed by atoms with Crippen LogP contribution < -0.4 is 20.9 Å². The van der Waals surface area contributed by atoms with Crippen LogP contribution in [0.25, 0.3) is 33.6 Å². The topological polar surface area (TPSA) is 168 Å². The highest BCUT2D eigenvalue weighted by molar-refractivity contribution is 5.89. The molecule has 0 aliphatic carbocycles. The zero-order chi connectivity index (χ0) is 40.5. The minimum Gasteiger partial charge on any atom is -0.488 e. The van der Waals surface area contributed by atoms with E-state index in [1.165, 1.54) is 0 Å². The molecule has 0 saturated carbocycles. The number of nitrogens with zero attached hydrogens (tertiary/aromatic N) is 4. The van der Waals surface area contributed by atoms with E-state index in [-0.39, 0.29) is 23.9 Å². The van der Waals surface area contributed by atoms with Crippen molar-refractivity contribution >= 4 is 11.8 Å². The molecule has 2 amide bonds. The number of nitrogens with one attached hydrogen (secondary N) is 2. The zero-order valence-electron chi connectivity index (χ0n) is 33.2. The van der Waals surface area contributed by atoms with E-state index in [4.69, 9.17) is 30.9 Å².